The molecule has 1 aromatic heterocycles. The Morgan fingerprint density at radius 2 is 1.84 bits per heavy atom. The van der Waals surface area contributed by atoms with Crippen molar-refractivity contribution in [3.05, 3.63) is 18.7 Å². The second-order valence-corrected chi connectivity index (χ2v) is 11.4. The van der Waals surface area contributed by atoms with Crippen LogP contribution in [0.5, 0.6) is 0 Å². The topological polar surface area (TPSA) is 67.4 Å². The molecule has 0 spiro atoms. The molecule has 2 atom stereocenters. The number of esters is 1. The minimum absolute atomic E-state index is 0.0101. The van der Waals surface area contributed by atoms with E-state index in [4.69, 9.17) is 4.74 Å². The van der Waals surface area contributed by atoms with Crippen LogP contribution in [0.2, 0.25) is 0 Å². The number of hydrogen-bond acceptors (Lipinski definition) is 4. The van der Waals surface area contributed by atoms with E-state index in [1.165, 1.54) is 12.8 Å². The molecule has 0 aliphatic rings. The van der Waals surface area contributed by atoms with Crippen LogP contribution in [-0.4, -0.2) is 41.4 Å². The molecule has 180 valence electrons. The molecule has 0 aromatic carbocycles. The highest BCUT2D eigenvalue weighted by molar-refractivity contribution is 5.77. The molecule has 0 bridgehead atoms. The summed E-state index contributed by atoms with van der Waals surface area (Å²) in [5.74, 6) is -0.224. The van der Waals surface area contributed by atoms with Crippen LogP contribution in [-0.2, 0) is 22.6 Å². The minimum atomic E-state index is -0.703. The Morgan fingerprint density at radius 1 is 1.16 bits per heavy atom. The highest BCUT2D eigenvalue weighted by Crippen LogP contribution is 2.47. The first-order valence-electron chi connectivity index (χ1n) is 11.9. The molecule has 6 nitrogen and oxygen atoms in total. The first kappa shape index (κ1) is 27.6. The number of aromatic nitrogens is 2. The molecule has 0 saturated carbocycles. The summed E-state index contributed by atoms with van der Waals surface area (Å²) >= 11 is 0. The Kier molecular flexibility index (Phi) is 10.7. The number of aliphatic hydroxyl groups excluding tert-OH is 1. The molecule has 1 heterocycles. The summed E-state index contributed by atoms with van der Waals surface area (Å²) in [4.78, 5) is 12.9. The number of nitrogens with one attached hydrogen (secondary N) is 1. The van der Waals surface area contributed by atoms with E-state index < -0.39 is 11.5 Å². The van der Waals surface area contributed by atoms with Crippen LogP contribution in [0, 0.1) is 16.2 Å². The molecule has 1 aromatic rings. The fourth-order valence-corrected chi connectivity index (χ4v) is 3.79. The lowest BCUT2D eigenvalue weighted by atomic mass is 9.61. The predicted octanol–water partition coefficient (Wildman–Crippen LogP) is 3.95. The van der Waals surface area contributed by atoms with Gasteiger partial charge in [-0.05, 0) is 43.6 Å². The van der Waals surface area contributed by atoms with Gasteiger partial charge in [0.1, 0.15) is 25.1 Å². The first-order valence-corrected chi connectivity index (χ1v) is 11.9. The largest absolute Gasteiger partial charge is 0.462 e. The molecule has 2 unspecified atom stereocenters. The number of unbranched alkanes of at least 4 members (excludes halogenated alkanes) is 1. The summed E-state index contributed by atoms with van der Waals surface area (Å²) in [7, 11) is 0. The van der Waals surface area contributed by atoms with E-state index in [-0.39, 0.29) is 23.4 Å². The van der Waals surface area contributed by atoms with Crippen LogP contribution in [0.4, 0.5) is 0 Å². The second kappa shape index (κ2) is 12.0. The van der Waals surface area contributed by atoms with E-state index in [9.17, 15) is 9.90 Å². The van der Waals surface area contributed by atoms with Gasteiger partial charge in [0.2, 0.25) is 6.33 Å². The van der Waals surface area contributed by atoms with E-state index in [1.807, 2.05) is 6.92 Å². The highest BCUT2D eigenvalue weighted by atomic mass is 16.5. The molecule has 0 aliphatic carbocycles. The van der Waals surface area contributed by atoms with Crippen LogP contribution >= 0.6 is 0 Å². The zero-order valence-electron chi connectivity index (χ0n) is 21.3. The lowest BCUT2D eigenvalue weighted by molar-refractivity contribution is -0.696. The predicted molar refractivity (Wildman–Crippen MR) is 126 cm³/mol. The normalized spacial score (nSPS) is 15.5. The van der Waals surface area contributed by atoms with Crippen LogP contribution in [0.3, 0.4) is 0 Å². The van der Waals surface area contributed by atoms with Gasteiger partial charge in [-0.1, -0.05) is 54.9 Å². The number of hydrogen-bond donors (Lipinski definition) is 2. The van der Waals surface area contributed by atoms with Gasteiger partial charge in [0.05, 0.1) is 18.5 Å². The zero-order chi connectivity index (χ0) is 23.7. The second-order valence-electron chi connectivity index (χ2n) is 11.4. The maximum absolute atomic E-state index is 12.9. The molecule has 31 heavy (non-hydrogen) atoms. The summed E-state index contributed by atoms with van der Waals surface area (Å²) < 4.78 is 9.98. The molecule has 2 N–H and O–H groups in total. The van der Waals surface area contributed by atoms with Gasteiger partial charge in [0.15, 0.2) is 0 Å². The summed E-state index contributed by atoms with van der Waals surface area (Å²) in [6.07, 6.45) is 9.77. The van der Waals surface area contributed by atoms with Crippen molar-refractivity contribution >= 4 is 5.97 Å². The first-order chi connectivity index (χ1) is 14.3. The highest BCUT2D eigenvalue weighted by Gasteiger charge is 2.47. The third-order valence-corrected chi connectivity index (χ3v) is 6.06. The number of rotatable bonds is 13. The third-order valence-electron chi connectivity index (χ3n) is 6.06. The molecule has 1 rings (SSSR count). The fraction of sp³-hybridized carbons (Fsp3) is 0.840. The van der Waals surface area contributed by atoms with E-state index in [0.29, 0.717) is 6.54 Å². The molecular weight excluding hydrogens is 390 g/mol. The lowest BCUT2D eigenvalue weighted by Gasteiger charge is -2.43. The number of carbonyl (C=O) groups excluding carboxylic acids is 1. The number of nitrogens with zero attached hydrogens (tertiary/aromatic N) is 2. The molecule has 0 radical (unpaired) electrons. The van der Waals surface area contributed by atoms with E-state index in [1.54, 1.807) is 0 Å². The monoisotopic (exact) mass is 438 g/mol. The number of carbonyl (C=O) groups is 1. The van der Waals surface area contributed by atoms with Gasteiger partial charge >= 0.3 is 5.97 Å². The fourth-order valence-electron chi connectivity index (χ4n) is 3.79. The van der Waals surface area contributed by atoms with Crippen molar-refractivity contribution in [1.82, 2.24) is 9.88 Å². The molecular formula is C25H48N3O3+. The standard InChI is InChI=1S/C25H48N3O3/c1-9-10-13-27-15-16-28(20-27)14-11-12-26-17-21(29)18-31-22(30)25(8,24(5,6)7)19-23(2,3)4/h15-16,20-21,26,29H,9-14,17-19H2,1-8H3/q+1. The summed E-state index contributed by atoms with van der Waals surface area (Å²) in [5.41, 5.74) is -0.826. The number of aliphatic hydroxyl groups is 1. The Morgan fingerprint density at radius 3 is 2.42 bits per heavy atom. The molecule has 6 heteroatoms. The average Bonchev–Trinajstić information content (AvgIpc) is 3.09. The average molecular weight is 439 g/mol. The zero-order valence-corrected chi connectivity index (χ0v) is 21.3. The van der Waals surface area contributed by atoms with Crippen molar-refractivity contribution in [3.8, 4) is 0 Å². The van der Waals surface area contributed by atoms with Crippen molar-refractivity contribution < 1.29 is 19.2 Å². The van der Waals surface area contributed by atoms with E-state index in [0.717, 1.165) is 32.5 Å². The van der Waals surface area contributed by atoms with Gasteiger partial charge in [-0.15, -0.1) is 0 Å². The third kappa shape index (κ3) is 9.73. The maximum atomic E-state index is 12.9. The van der Waals surface area contributed by atoms with Crippen molar-refractivity contribution in [2.75, 3.05) is 19.7 Å². The minimum Gasteiger partial charge on any atom is -0.462 e. The molecule has 0 amide bonds. The van der Waals surface area contributed by atoms with Crippen LogP contribution in [0.25, 0.3) is 0 Å². The smallest absolute Gasteiger partial charge is 0.312 e. The van der Waals surface area contributed by atoms with Crippen molar-refractivity contribution in [2.45, 2.75) is 100 Å². The van der Waals surface area contributed by atoms with Gasteiger partial charge in [-0.3, -0.25) is 4.79 Å². The van der Waals surface area contributed by atoms with E-state index in [2.05, 4.69) is 81.6 Å². The Balaban J connectivity index is 2.35. The molecule has 0 fully saturated rings. The maximum Gasteiger partial charge on any atom is 0.312 e. The van der Waals surface area contributed by atoms with Gasteiger partial charge in [-0.25, -0.2) is 9.13 Å². The number of imidazole rings is 1. The Labute approximate surface area is 190 Å². The molecule has 0 saturated heterocycles. The van der Waals surface area contributed by atoms with Crippen molar-refractivity contribution in [3.63, 3.8) is 0 Å². The van der Waals surface area contributed by atoms with Crippen molar-refractivity contribution in [1.29, 1.82) is 0 Å². The Hall–Kier alpha value is -1.40. The van der Waals surface area contributed by atoms with Crippen LogP contribution in [0.1, 0.15) is 81.1 Å². The van der Waals surface area contributed by atoms with Crippen LogP contribution < -0.4 is 9.88 Å². The number of aryl methyl sites for hydroxylation is 2. The van der Waals surface area contributed by atoms with Crippen molar-refractivity contribution in [2.24, 2.45) is 16.2 Å². The van der Waals surface area contributed by atoms with Gasteiger partial charge in [0, 0.05) is 6.54 Å². The van der Waals surface area contributed by atoms with Crippen LogP contribution in [0.15, 0.2) is 18.7 Å². The number of ether oxygens (including phenoxy) is 1. The van der Waals surface area contributed by atoms with E-state index >= 15 is 0 Å². The summed E-state index contributed by atoms with van der Waals surface area (Å²) in [6.45, 7) is 20.1. The quantitative estimate of drug-likeness (QED) is 0.278. The van der Waals surface area contributed by atoms with Gasteiger partial charge in [0.25, 0.3) is 0 Å². The lowest BCUT2D eigenvalue weighted by Crippen LogP contribution is -2.45. The summed E-state index contributed by atoms with van der Waals surface area (Å²) in [5, 5.41) is 13.5. The Bertz CT molecular complexity index is 658. The molecule has 0 aliphatic heterocycles. The summed E-state index contributed by atoms with van der Waals surface area (Å²) in [6, 6.07) is 0. The van der Waals surface area contributed by atoms with Gasteiger partial charge < -0.3 is 15.2 Å². The van der Waals surface area contributed by atoms with Gasteiger partial charge in [-0.2, -0.15) is 0 Å². The SMILES string of the molecule is CCCCn1cc[n+](CCCNCC(O)COC(=O)C(C)(CC(C)(C)C)C(C)(C)C)c1.